The van der Waals surface area contributed by atoms with Crippen molar-refractivity contribution >= 4 is 29.0 Å². The van der Waals surface area contributed by atoms with Crippen molar-refractivity contribution < 1.29 is 0 Å². The van der Waals surface area contributed by atoms with Gasteiger partial charge < -0.3 is 15.0 Å². The molecule has 2 rings (SSSR count). The molecule has 2 aromatic heterocycles. The Bertz CT molecular complexity index is 510. The Balaban J connectivity index is 2.25. The van der Waals surface area contributed by atoms with Crippen LogP contribution in [0, 0.1) is 0 Å². The Morgan fingerprint density at radius 2 is 2.28 bits per heavy atom. The Morgan fingerprint density at radius 1 is 1.44 bits per heavy atom. The molecule has 0 aliphatic carbocycles. The first-order valence-electron chi connectivity index (χ1n) is 6.08. The van der Waals surface area contributed by atoms with Gasteiger partial charge in [0.05, 0.1) is 6.20 Å². The van der Waals surface area contributed by atoms with Crippen molar-refractivity contribution in [3.05, 3.63) is 18.6 Å². The zero-order valence-corrected chi connectivity index (χ0v) is 11.8. The summed E-state index contributed by atoms with van der Waals surface area (Å²) in [6.45, 7) is 5.98. The predicted molar refractivity (Wildman–Crippen MR) is 78.6 cm³/mol. The maximum atomic E-state index is 4.55. The fraction of sp³-hybridized carbons (Fsp3) is 0.500. The van der Waals surface area contributed by atoms with Gasteiger partial charge >= 0.3 is 0 Å². The molecular formula is C12H19N5S. The third-order valence-corrected chi connectivity index (χ3v) is 3.66. The molecule has 98 valence electrons. The summed E-state index contributed by atoms with van der Waals surface area (Å²) in [6, 6.07) is 0. The molecule has 0 amide bonds. The fourth-order valence-electron chi connectivity index (χ4n) is 1.64. The van der Waals surface area contributed by atoms with E-state index in [0.717, 1.165) is 30.4 Å². The molecule has 0 aliphatic rings. The lowest BCUT2D eigenvalue weighted by Gasteiger charge is -2.12. The molecule has 0 fully saturated rings. The van der Waals surface area contributed by atoms with E-state index in [1.165, 1.54) is 0 Å². The number of aromatic nitrogens is 3. The molecule has 0 radical (unpaired) electrons. The first-order chi connectivity index (χ1) is 8.74. The summed E-state index contributed by atoms with van der Waals surface area (Å²) in [5, 5.41) is 7.14. The summed E-state index contributed by atoms with van der Waals surface area (Å²) < 4.78 is 1.98. The van der Waals surface area contributed by atoms with Crippen LogP contribution in [0.3, 0.4) is 0 Å². The number of hydrogen-bond acceptors (Lipinski definition) is 5. The normalized spacial score (nSPS) is 12.6. The zero-order chi connectivity index (χ0) is 13.0. The molecule has 1 atom stereocenters. The number of anilines is 2. The van der Waals surface area contributed by atoms with Gasteiger partial charge in [-0.05, 0) is 13.2 Å². The topological polar surface area (TPSA) is 54.2 Å². The van der Waals surface area contributed by atoms with Crippen molar-refractivity contribution in [3.8, 4) is 0 Å². The van der Waals surface area contributed by atoms with Gasteiger partial charge in [0.25, 0.3) is 0 Å². The highest BCUT2D eigenvalue weighted by atomic mass is 32.2. The number of hydrogen-bond donors (Lipinski definition) is 2. The molecule has 0 bridgehead atoms. The van der Waals surface area contributed by atoms with E-state index in [9.17, 15) is 0 Å². The van der Waals surface area contributed by atoms with Crippen molar-refractivity contribution in [3.63, 3.8) is 0 Å². The SMILES string of the molecule is CCNc1cn2ccnc2c(NCC(C)SC)n1. The van der Waals surface area contributed by atoms with Crippen LogP contribution in [0.25, 0.3) is 5.65 Å². The fourth-order valence-corrected chi connectivity index (χ4v) is 1.89. The van der Waals surface area contributed by atoms with Crippen LogP contribution < -0.4 is 10.6 Å². The van der Waals surface area contributed by atoms with E-state index in [0.29, 0.717) is 5.25 Å². The third kappa shape index (κ3) is 2.87. The van der Waals surface area contributed by atoms with Crippen LogP contribution >= 0.6 is 11.8 Å². The molecule has 0 aliphatic heterocycles. The standard InChI is InChI=1S/C12H19N5S/c1-4-13-10-8-17-6-5-14-12(17)11(16-10)15-7-9(2)18-3/h5-6,8-9,13H,4,7H2,1-3H3,(H,15,16). The molecule has 0 spiro atoms. The summed E-state index contributed by atoms with van der Waals surface area (Å²) in [6.07, 6.45) is 7.78. The lowest BCUT2D eigenvalue weighted by Crippen LogP contribution is -2.15. The first kappa shape index (κ1) is 13.0. The number of fused-ring (bicyclic) bond motifs is 1. The molecule has 5 nitrogen and oxygen atoms in total. The Hall–Kier alpha value is -1.43. The Kier molecular flexibility index (Phi) is 4.30. The zero-order valence-electron chi connectivity index (χ0n) is 11.0. The van der Waals surface area contributed by atoms with Gasteiger partial charge in [-0.15, -0.1) is 0 Å². The molecule has 1 unspecified atom stereocenters. The van der Waals surface area contributed by atoms with E-state index < -0.39 is 0 Å². The van der Waals surface area contributed by atoms with Gasteiger partial charge in [-0.1, -0.05) is 6.92 Å². The molecule has 2 aromatic rings. The average molecular weight is 265 g/mol. The second-order valence-electron chi connectivity index (χ2n) is 4.09. The molecule has 0 saturated carbocycles. The maximum Gasteiger partial charge on any atom is 0.180 e. The van der Waals surface area contributed by atoms with Crippen molar-refractivity contribution in [1.82, 2.24) is 14.4 Å². The van der Waals surface area contributed by atoms with E-state index >= 15 is 0 Å². The average Bonchev–Trinajstić information content (AvgIpc) is 2.84. The molecule has 0 saturated heterocycles. The summed E-state index contributed by atoms with van der Waals surface area (Å²) in [5.41, 5.74) is 0.866. The smallest absolute Gasteiger partial charge is 0.180 e. The largest absolute Gasteiger partial charge is 0.369 e. The Morgan fingerprint density at radius 3 is 3.00 bits per heavy atom. The molecule has 2 N–H and O–H groups in total. The van der Waals surface area contributed by atoms with Gasteiger partial charge in [0.1, 0.15) is 5.82 Å². The van der Waals surface area contributed by atoms with Gasteiger partial charge in [0, 0.05) is 30.7 Å². The number of nitrogens with one attached hydrogen (secondary N) is 2. The van der Waals surface area contributed by atoms with Gasteiger partial charge in [-0.25, -0.2) is 9.97 Å². The van der Waals surface area contributed by atoms with E-state index in [2.05, 4.69) is 40.7 Å². The highest BCUT2D eigenvalue weighted by Gasteiger charge is 2.08. The second kappa shape index (κ2) is 5.95. The van der Waals surface area contributed by atoms with Crippen LogP contribution in [0.1, 0.15) is 13.8 Å². The molecule has 2 heterocycles. The molecular weight excluding hydrogens is 246 g/mol. The summed E-state index contributed by atoms with van der Waals surface area (Å²) in [7, 11) is 0. The molecule has 6 heteroatoms. The van der Waals surface area contributed by atoms with Crippen LogP contribution in [-0.4, -0.2) is 39.0 Å². The first-order valence-corrected chi connectivity index (χ1v) is 7.37. The quantitative estimate of drug-likeness (QED) is 0.839. The lowest BCUT2D eigenvalue weighted by molar-refractivity contribution is 0.983. The van der Waals surface area contributed by atoms with Crippen LogP contribution in [0.2, 0.25) is 0 Å². The highest BCUT2D eigenvalue weighted by molar-refractivity contribution is 7.99. The number of thioether (sulfide) groups is 1. The minimum Gasteiger partial charge on any atom is -0.369 e. The summed E-state index contributed by atoms with van der Waals surface area (Å²) in [4.78, 5) is 8.88. The van der Waals surface area contributed by atoms with Gasteiger partial charge in [0.15, 0.2) is 11.5 Å². The number of imidazole rings is 1. The van der Waals surface area contributed by atoms with Crippen LogP contribution in [-0.2, 0) is 0 Å². The van der Waals surface area contributed by atoms with E-state index in [4.69, 9.17) is 0 Å². The predicted octanol–water partition coefficient (Wildman–Crippen LogP) is 2.32. The van der Waals surface area contributed by atoms with Crippen molar-refractivity contribution in [2.45, 2.75) is 19.1 Å². The second-order valence-corrected chi connectivity index (χ2v) is 5.37. The van der Waals surface area contributed by atoms with E-state index in [-0.39, 0.29) is 0 Å². The van der Waals surface area contributed by atoms with Crippen LogP contribution in [0.15, 0.2) is 18.6 Å². The van der Waals surface area contributed by atoms with Crippen molar-refractivity contribution in [2.75, 3.05) is 30.0 Å². The third-order valence-electron chi connectivity index (χ3n) is 2.69. The molecule has 18 heavy (non-hydrogen) atoms. The lowest BCUT2D eigenvalue weighted by atomic mass is 10.4. The monoisotopic (exact) mass is 265 g/mol. The summed E-state index contributed by atoms with van der Waals surface area (Å²) >= 11 is 1.83. The van der Waals surface area contributed by atoms with Crippen LogP contribution in [0.4, 0.5) is 11.6 Å². The Labute approximate surface area is 111 Å². The van der Waals surface area contributed by atoms with Crippen molar-refractivity contribution in [2.24, 2.45) is 0 Å². The highest BCUT2D eigenvalue weighted by Crippen LogP contribution is 2.17. The van der Waals surface area contributed by atoms with Crippen LogP contribution in [0.5, 0.6) is 0 Å². The van der Waals surface area contributed by atoms with Crippen molar-refractivity contribution in [1.29, 1.82) is 0 Å². The minimum absolute atomic E-state index is 0.546. The van der Waals surface area contributed by atoms with E-state index in [1.807, 2.05) is 28.6 Å². The maximum absolute atomic E-state index is 4.55. The van der Waals surface area contributed by atoms with Gasteiger partial charge in [-0.2, -0.15) is 11.8 Å². The summed E-state index contributed by atoms with van der Waals surface area (Å²) in [5.74, 6) is 1.70. The molecule has 0 aromatic carbocycles. The number of rotatable bonds is 6. The van der Waals surface area contributed by atoms with Gasteiger partial charge in [-0.3, -0.25) is 0 Å². The van der Waals surface area contributed by atoms with Gasteiger partial charge in [0.2, 0.25) is 0 Å². The van der Waals surface area contributed by atoms with E-state index in [1.54, 1.807) is 6.20 Å². The minimum atomic E-state index is 0.546. The number of nitrogens with zero attached hydrogens (tertiary/aromatic N) is 3.